The second-order valence-corrected chi connectivity index (χ2v) is 7.85. The lowest BCUT2D eigenvalue weighted by molar-refractivity contribution is 0.0802. The zero-order valence-corrected chi connectivity index (χ0v) is 14.9. The molecule has 3 rings (SSSR count). The van der Waals surface area contributed by atoms with Gasteiger partial charge in [0.15, 0.2) is 0 Å². The fourth-order valence-electron chi connectivity index (χ4n) is 3.24. The van der Waals surface area contributed by atoms with Crippen molar-refractivity contribution in [2.75, 3.05) is 30.8 Å². The van der Waals surface area contributed by atoms with Crippen LogP contribution in [-0.4, -0.2) is 35.2 Å². The van der Waals surface area contributed by atoms with Gasteiger partial charge in [-0.05, 0) is 37.1 Å². The molecule has 1 fully saturated rings. The van der Waals surface area contributed by atoms with Crippen LogP contribution in [0.15, 0.2) is 30.3 Å². The van der Waals surface area contributed by atoms with Gasteiger partial charge in [0.05, 0.1) is 5.52 Å². The molecule has 3 nitrogen and oxygen atoms in total. The first-order valence-electron chi connectivity index (χ1n) is 8.60. The van der Waals surface area contributed by atoms with Crippen LogP contribution in [0, 0.1) is 0 Å². The van der Waals surface area contributed by atoms with Crippen molar-refractivity contribution in [1.29, 1.82) is 0 Å². The molecule has 0 radical (unpaired) electrons. The van der Waals surface area contributed by atoms with Gasteiger partial charge in [0.25, 0.3) is 0 Å². The molecule has 0 amide bonds. The van der Waals surface area contributed by atoms with E-state index < -0.39 is 0 Å². The number of anilines is 1. The molecule has 1 aliphatic heterocycles. The number of para-hydroxylation sites is 1. The van der Waals surface area contributed by atoms with E-state index in [0.29, 0.717) is 4.75 Å². The quantitative estimate of drug-likeness (QED) is 0.845. The Bertz CT molecular complexity index is 647. The summed E-state index contributed by atoms with van der Waals surface area (Å²) in [7, 11) is 0. The second-order valence-electron chi connectivity index (χ2n) is 6.11. The van der Waals surface area contributed by atoms with E-state index in [0.717, 1.165) is 56.0 Å². The summed E-state index contributed by atoms with van der Waals surface area (Å²) in [6.07, 6.45) is 3.21. The van der Waals surface area contributed by atoms with Crippen LogP contribution in [0.25, 0.3) is 10.9 Å². The minimum absolute atomic E-state index is 0.295. The minimum Gasteiger partial charge on any atom is -0.383 e. The van der Waals surface area contributed by atoms with Crippen LogP contribution in [0.4, 0.5) is 5.69 Å². The van der Waals surface area contributed by atoms with Gasteiger partial charge in [0.2, 0.25) is 0 Å². The number of fused-ring (bicyclic) bond motifs is 1. The third-order valence-corrected chi connectivity index (χ3v) is 6.04. The molecule has 1 saturated heterocycles. The summed E-state index contributed by atoms with van der Waals surface area (Å²) in [5.74, 6) is 1.15. The standard InChI is InChI=1S/C19H26N2OS/c1-3-15-13-18(16-7-5-6-8-17(16)21-15)20-14-19(23-4-2)9-11-22-12-10-19/h5-8,13H,3-4,9-12,14H2,1-2H3,(H,20,21). The molecule has 0 unspecified atom stereocenters. The van der Waals surface area contributed by atoms with Crippen LogP contribution in [0.5, 0.6) is 0 Å². The molecule has 0 spiro atoms. The van der Waals surface area contributed by atoms with Gasteiger partial charge in [0.1, 0.15) is 0 Å². The molecule has 1 aliphatic rings. The van der Waals surface area contributed by atoms with E-state index in [1.807, 2.05) is 0 Å². The molecule has 4 heteroatoms. The van der Waals surface area contributed by atoms with E-state index >= 15 is 0 Å². The number of ether oxygens (including phenoxy) is 1. The van der Waals surface area contributed by atoms with Crippen molar-refractivity contribution >= 4 is 28.4 Å². The Balaban J connectivity index is 1.85. The highest BCUT2D eigenvalue weighted by Gasteiger charge is 2.32. The summed E-state index contributed by atoms with van der Waals surface area (Å²) >= 11 is 2.08. The maximum Gasteiger partial charge on any atom is 0.0726 e. The SMILES string of the molecule is CCSC1(CNc2cc(CC)nc3ccccc23)CCOCC1. The lowest BCUT2D eigenvalue weighted by Crippen LogP contribution is -2.39. The number of hydrogen-bond acceptors (Lipinski definition) is 4. The van der Waals surface area contributed by atoms with Gasteiger partial charge in [-0.25, -0.2) is 0 Å². The molecule has 0 bridgehead atoms. The van der Waals surface area contributed by atoms with Crippen molar-refractivity contribution in [2.24, 2.45) is 0 Å². The third kappa shape index (κ3) is 3.81. The van der Waals surface area contributed by atoms with Gasteiger partial charge in [-0.1, -0.05) is 32.0 Å². The Labute approximate surface area is 143 Å². The molecule has 0 saturated carbocycles. The Hall–Kier alpha value is -1.26. The van der Waals surface area contributed by atoms with Gasteiger partial charge >= 0.3 is 0 Å². The van der Waals surface area contributed by atoms with Crippen LogP contribution < -0.4 is 5.32 Å². The third-order valence-electron chi connectivity index (χ3n) is 4.59. The van der Waals surface area contributed by atoms with Crippen molar-refractivity contribution in [3.05, 3.63) is 36.0 Å². The molecular formula is C19H26N2OS. The number of thioether (sulfide) groups is 1. The van der Waals surface area contributed by atoms with E-state index in [9.17, 15) is 0 Å². The van der Waals surface area contributed by atoms with Crippen molar-refractivity contribution in [3.8, 4) is 0 Å². The molecule has 2 aromatic rings. The number of nitrogens with one attached hydrogen (secondary N) is 1. The molecule has 23 heavy (non-hydrogen) atoms. The number of hydrogen-bond donors (Lipinski definition) is 1. The predicted octanol–water partition coefficient (Wildman–Crippen LogP) is 4.51. The zero-order chi connectivity index (χ0) is 16.1. The Morgan fingerprint density at radius 3 is 2.74 bits per heavy atom. The minimum atomic E-state index is 0.295. The van der Waals surface area contributed by atoms with Crippen LogP contribution >= 0.6 is 11.8 Å². The maximum atomic E-state index is 5.58. The van der Waals surface area contributed by atoms with Crippen molar-refractivity contribution in [3.63, 3.8) is 0 Å². The van der Waals surface area contributed by atoms with E-state index in [4.69, 9.17) is 9.72 Å². The van der Waals surface area contributed by atoms with Crippen LogP contribution in [0.1, 0.15) is 32.4 Å². The number of rotatable bonds is 6. The lowest BCUT2D eigenvalue weighted by atomic mass is 9.98. The van der Waals surface area contributed by atoms with Crippen LogP contribution in [-0.2, 0) is 11.2 Å². The van der Waals surface area contributed by atoms with E-state index in [-0.39, 0.29) is 0 Å². The zero-order valence-electron chi connectivity index (χ0n) is 14.1. The summed E-state index contributed by atoms with van der Waals surface area (Å²) in [5.41, 5.74) is 3.45. The maximum absolute atomic E-state index is 5.58. The van der Waals surface area contributed by atoms with E-state index in [1.165, 1.54) is 11.1 Å². The summed E-state index contributed by atoms with van der Waals surface area (Å²) in [5, 5.41) is 4.96. The molecule has 0 aliphatic carbocycles. The number of aryl methyl sites for hydroxylation is 1. The number of benzene rings is 1. The normalized spacial score (nSPS) is 17.3. The monoisotopic (exact) mass is 330 g/mol. The molecule has 1 aromatic heterocycles. The Morgan fingerprint density at radius 1 is 1.22 bits per heavy atom. The second kappa shape index (κ2) is 7.54. The lowest BCUT2D eigenvalue weighted by Gasteiger charge is -2.37. The molecule has 1 aromatic carbocycles. The van der Waals surface area contributed by atoms with Gasteiger partial charge in [0, 0.05) is 41.3 Å². The smallest absolute Gasteiger partial charge is 0.0726 e. The summed E-state index contributed by atoms with van der Waals surface area (Å²) in [6.45, 7) is 7.16. The highest BCUT2D eigenvalue weighted by Crippen LogP contribution is 2.36. The van der Waals surface area contributed by atoms with Crippen molar-refractivity contribution < 1.29 is 4.74 Å². The van der Waals surface area contributed by atoms with Crippen LogP contribution in [0.3, 0.4) is 0 Å². The summed E-state index contributed by atoms with van der Waals surface area (Å²) < 4.78 is 5.87. The van der Waals surface area contributed by atoms with Gasteiger partial charge in [-0.15, -0.1) is 0 Å². The topological polar surface area (TPSA) is 34.2 Å². The molecule has 124 valence electrons. The van der Waals surface area contributed by atoms with Gasteiger partial charge in [-0.2, -0.15) is 11.8 Å². The van der Waals surface area contributed by atoms with E-state index in [2.05, 4.69) is 61.3 Å². The highest BCUT2D eigenvalue weighted by molar-refractivity contribution is 8.00. The summed E-state index contributed by atoms with van der Waals surface area (Å²) in [4.78, 5) is 4.74. The van der Waals surface area contributed by atoms with Crippen molar-refractivity contribution in [2.45, 2.75) is 37.9 Å². The largest absolute Gasteiger partial charge is 0.383 e. The van der Waals surface area contributed by atoms with E-state index in [1.54, 1.807) is 0 Å². The first-order chi connectivity index (χ1) is 11.3. The molecule has 0 atom stereocenters. The Kier molecular flexibility index (Phi) is 5.44. The van der Waals surface area contributed by atoms with Crippen LogP contribution in [0.2, 0.25) is 0 Å². The fourth-order valence-corrected chi connectivity index (χ4v) is 4.48. The first-order valence-corrected chi connectivity index (χ1v) is 9.59. The summed E-state index contributed by atoms with van der Waals surface area (Å²) in [6, 6.07) is 10.6. The van der Waals surface area contributed by atoms with Crippen molar-refractivity contribution in [1.82, 2.24) is 4.98 Å². The number of pyridine rings is 1. The first kappa shape index (κ1) is 16.6. The highest BCUT2D eigenvalue weighted by atomic mass is 32.2. The Morgan fingerprint density at radius 2 is 2.00 bits per heavy atom. The average Bonchev–Trinajstić information content (AvgIpc) is 2.60. The molecule has 1 N–H and O–H groups in total. The van der Waals surface area contributed by atoms with Gasteiger partial charge in [-0.3, -0.25) is 4.98 Å². The molecular weight excluding hydrogens is 304 g/mol. The number of aromatic nitrogens is 1. The number of nitrogens with zero attached hydrogens (tertiary/aromatic N) is 1. The van der Waals surface area contributed by atoms with Gasteiger partial charge < -0.3 is 10.1 Å². The molecule has 2 heterocycles. The average molecular weight is 330 g/mol. The predicted molar refractivity (Wildman–Crippen MR) is 101 cm³/mol. The fraction of sp³-hybridized carbons (Fsp3) is 0.526.